The van der Waals surface area contributed by atoms with E-state index in [0.29, 0.717) is 0 Å². The summed E-state index contributed by atoms with van der Waals surface area (Å²) >= 11 is 0. The Morgan fingerprint density at radius 1 is 0.731 bits per heavy atom. The van der Waals surface area contributed by atoms with Crippen LogP contribution in [-0.4, -0.2) is 55.1 Å². The molecule has 26 heavy (non-hydrogen) atoms. The van der Waals surface area contributed by atoms with Gasteiger partial charge < -0.3 is 20.4 Å². The predicted octanol–water partition coefficient (Wildman–Crippen LogP) is 2.40. The molecule has 2 fully saturated rings. The Bertz CT molecular complexity index is 660. The number of hydrogen-bond acceptors (Lipinski definition) is 3. The number of carbonyl (C=O) groups is 1. The van der Waals surface area contributed by atoms with Crippen molar-refractivity contribution in [1.29, 1.82) is 0 Å². The number of urea groups is 1. The van der Waals surface area contributed by atoms with Gasteiger partial charge in [0.2, 0.25) is 0 Å². The SMILES string of the molecule is O=C(N1CCNC(c2ccccc2)C1)N1CCNC(c2ccccc2)C1. The maximum Gasteiger partial charge on any atom is 0.320 e. The normalized spacial score (nSPS) is 23.7. The van der Waals surface area contributed by atoms with Gasteiger partial charge in [-0.3, -0.25) is 0 Å². The van der Waals surface area contributed by atoms with E-state index in [1.807, 2.05) is 21.9 Å². The minimum absolute atomic E-state index is 0.162. The van der Waals surface area contributed by atoms with Crippen LogP contribution >= 0.6 is 0 Å². The third kappa shape index (κ3) is 3.74. The Labute approximate surface area is 155 Å². The lowest BCUT2D eigenvalue weighted by Gasteiger charge is -2.40. The van der Waals surface area contributed by atoms with Crippen molar-refractivity contribution in [1.82, 2.24) is 20.4 Å². The van der Waals surface area contributed by atoms with E-state index >= 15 is 0 Å². The van der Waals surface area contributed by atoms with Gasteiger partial charge in [0.15, 0.2) is 0 Å². The van der Waals surface area contributed by atoms with Crippen molar-refractivity contribution >= 4 is 6.03 Å². The average molecular weight is 350 g/mol. The lowest BCUT2D eigenvalue weighted by atomic mass is 10.0. The van der Waals surface area contributed by atoms with E-state index in [1.165, 1.54) is 11.1 Å². The van der Waals surface area contributed by atoms with Gasteiger partial charge in [-0.05, 0) is 11.1 Å². The van der Waals surface area contributed by atoms with Crippen LogP contribution in [0.3, 0.4) is 0 Å². The van der Waals surface area contributed by atoms with E-state index in [2.05, 4.69) is 59.2 Å². The molecule has 2 amide bonds. The number of carbonyl (C=O) groups excluding carboxylic acids is 1. The zero-order valence-electron chi connectivity index (χ0n) is 15.0. The first-order valence-corrected chi connectivity index (χ1v) is 9.42. The molecule has 2 unspecified atom stereocenters. The van der Waals surface area contributed by atoms with Crippen LogP contribution in [0.5, 0.6) is 0 Å². The van der Waals surface area contributed by atoms with Gasteiger partial charge in [0.1, 0.15) is 0 Å². The fourth-order valence-corrected chi connectivity index (χ4v) is 3.86. The Hall–Kier alpha value is -2.37. The summed E-state index contributed by atoms with van der Waals surface area (Å²) in [7, 11) is 0. The summed E-state index contributed by atoms with van der Waals surface area (Å²) in [6.07, 6.45) is 0. The number of nitrogens with one attached hydrogen (secondary N) is 2. The van der Waals surface area contributed by atoms with Crippen molar-refractivity contribution in [3.05, 3.63) is 71.8 Å². The van der Waals surface area contributed by atoms with Crippen LogP contribution in [0, 0.1) is 0 Å². The van der Waals surface area contributed by atoms with E-state index in [9.17, 15) is 4.79 Å². The van der Waals surface area contributed by atoms with E-state index in [-0.39, 0.29) is 18.1 Å². The third-order valence-corrected chi connectivity index (χ3v) is 5.30. The minimum atomic E-state index is 0.162. The number of nitrogens with zero attached hydrogens (tertiary/aromatic N) is 2. The molecule has 2 aliphatic rings. The third-order valence-electron chi connectivity index (χ3n) is 5.30. The monoisotopic (exact) mass is 350 g/mol. The fourth-order valence-electron chi connectivity index (χ4n) is 3.86. The fraction of sp³-hybridized carbons (Fsp3) is 0.381. The number of benzene rings is 2. The molecule has 5 heteroatoms. The number of rotatable bonds is 2. The van der Waals surface area contributed by atoms with Crippen molar-refractivity contribution in [2.75, 3.05) is 39.3 Å². The molecule has 0 spiro atoms. The van der Waals surface area contributed by atoms with Gasteiger partial charge >= 0.3 is 6.03 Å². The van der Waals surface area contributed by atoms with E-state index in [4.69, 9.17) is 0 Å². The topological polar surface area (TPSA) is 47.6 Å². The zero-order valence-corrected chi connectivity index (χ0v) is 15.0. The molecule has 2 saturated heterocycles. The van der Waals surface area contributed by atoms with Crippen LogP contribution in [-0.2, 0) is 0 Å². The van der Waals surface area contributed by atoms with Crippen molar-refractivity contribution in [2.45, 2.75) is 12.1 Å². The Balaban J connectivity index is 1.42. The van der Waals surface area contributed by atoms with Gasteiger partial charge in [0.05, 0.1) is 12.1 Å². The predicted molar refractivity (Wildman–Crippen MR) is 103 cm³/mol. The summed E-state index contributed by atoms with van der Waals surface area (Å²) in [5.41, 5.74) is 2.49. The molecule has 2 atom stereocenters. The number of piperazine rings is 2. The molecule has 5 nitrogen and oxygen atoms in total. The highest BCUT2D eigenvalue weighted by atomic mass is 16.2. The summed E-state index contributed by atoms with van der Waals surface area (Å²) < 4.78 is 0. The Kier molecular flexibility index (Phi) is 5.18. The minimum Gasteiger partial charge on any atom is -0.321 e. The zero-order chi connectivity index (χ0) is 17.8. The summed E-state index contributed by atoms with van der Waals surface area (Å²) in [6.45, 7) is 4.65. The second-order valence-corrected chi connectivity index (χ2v) is 7.01. The maximum absolute atomic E-state index is 13.1. The van der Waals surface area contributed by atoms with Gasteiger partial charge in [0.25, 0.3) is 0 Å². The molecular formula is C21H26N4O. The quantitative estimate of drug-likeness (QED) is 0.874. The lowest BCUT2D eigenvalue weighted by Crippen LogP contribution is -2.56. The molecule has 0 bridgehead atoms. The highest BCUT2D eigenvalue weighted by Gasteiger charge is 2.30. The maximum atomic E-state index is 13.1. The molecule has 2 aromatic rings. The van der Waals surface area contributed by atoms with Gasteiger partial charge in [-0.25, -0.2) is 4.79 Å². The Morgan fingerprint density at radius 3 is 1.58 bits per heavy atom. The first kappa shape index (κ1) is 17.1. The van der Waals surface area contributed by atoms with Gasteiger partial charge in [-0.2, -0.15) is 0 Å². The average Bonchev–Trinajstić information content (AvgIpc) is 2.75. The molecule has 0 saturated carbocycles. The van der Waals surface area contributed by atoms with E-state index in [1.54, 1.807) is 0 Å². The van der Waals surface area contributed by atoms with E-state index < -0.39 is 0 Å². The summed E-state index contributed by atoms with van der Waals surface area (Å²) in [5, 5.41) is 7.07. The molecule has 2 aliphatic heterocycles. The van der Waals surface area contributed by atoms with Crippen LogP contribution in [0.25, 0.3) is 0 Å². The first-order chi connectivity index (χ1) is 12.8. The smallest absolute Gasteiger partial charge is 0.320 e. The van der Waals surface area contributed by atoms with E-state index in [0.717, 1.165) is 39.3 Å². The largest absolute Gasteiger partial charge is 0.321 e. The van der Waals surface area contributed by atoms with Gasteiger partial charge in [-0.1, -0.05) is 60.7 Å². The van der Waals surface area contributed by atoms with Gasteiger partial charge in [-0.15, -0.1) is 0 Å². The van der Waals surface area contributed by atoms with Crippen molar-refractivity contribution in [3.8, 4) is 0 Å². The molecule has 0 radical (unpaired) electrons. The number of amides is 2. The van der Waals surface area contributed by atoms with Crippen molar-refractivity contribution < 1.29 is 4.79 Å². The van der Waals surface area contributed by atoms with Crippen LogP contribution in [0.15, 0.2) is 60.7 Å². The molecular weight excluding hydrogens is 324 g/mol. The Morgan fingerprint density at radius 2 is 1.15 bits per heavy atom. The molecule has 0 aromatic heterocycles. The molecule has 136 valence electrons. The second-order valence-electron chi connectivity index (χ2n) is 7.01. The van der Waals surface area contributed by atoms with Crippen molar-refractivity contribution in [3.63, 3.8) is 0 Å². The molecule has 4 rings (SSSR count). The molecule has 2 N–H and O–H groups in total. The standard InChI is InChI=1S/C21H26N4O/c26-21(24-13-11-22-19(15-24)17-7-3-1-4-8-17)25-14-12-23-20(16-25)18-9-5-2-6-10-18/h1-10,19-20,22-23H,11-16H2. The van der Waals surface area contributed by atoms with Crippen LogP contribution in [0.4, 0.5) is 4.79 Å². The molecule has 0 aliphatic carbocycles. The van der Waals surface area contributed by atoms with Crippen LogP contribution in [0.2, 0.25) is 0 Å². The second kappa shape index (κ2) is 7.89. The summed E-state index contributed by atoms with van der Waals surface area (Å²) in [4.78, 5) is 17.1. The molecule has 2 aromatic carbocycles. The summed E-state index contributed by atoms with van der Waals surface area (Å²) in [5.74, 6) is 0. The van der Waals surface area contributed by atoms with Crippen LogP contribution in [0.1, 0.15) is 23.2 Å². The highest BCUT2D eigenvalue weighted by Crippen LogP contribution is 2.21. The summed E-state index contributed by atoms with van der Waals surface area (Å²) in [6, 6.07) is 21.4. The lowest BCUT2D eigenvalue weighted by molar-refractivity contribution is 0.123. The highest BCUT2D eigenvalue weighted by molar-refractivity contribution is 5.75. The van der Waals surface area contributed by atoms with Gasteiger partial charge in [0, 0.05) is 39.3 Å². The molecule has 2 heterocycles. The van der Waals surface area contributed by atoms with Crippen molar-refractivity contribution in [2.24, 2.45) is 0 Å². The first-order valence-electron chi connectivity index (χ1n) is 9.42. The number of hydrogen-bond donors (Lipinski definition) is 2. The van der Waals surface area contributed by atoms with Crippen LogP contribution < -0.4 is 10.6 Å².